The number of halogens is 2. The van der Waals surface area contributed by atoms with E-state index >= 15 is 0 Å². The lowest BCUT2D eigenvalue weighted by Gasteiger charge is -2.29. The van der Waals surface area contributed by atoms with Crippen molar-refractivity contribution in [2.24, 2.45) is 5.41 Å². The van der Waals surface area contributed by atoms with Gasteiger partial charge in [0.25, 0.3) is 5.91 Å². The maximum atomic E-state index is 13.2. The van der Waals surface area contributed by atoms with Crippen LogP contribution in [-0.4, -0.2) is 47.8 Å². The molecule has 2 aromatic rings. The SMILES string of the molecule is CC(=O)CNCCC1(C(=O)N[C@@H](Cc2ccc(NC(=O)c3c(Cl)cccc3Cl)cc2)C(=O)O)CCCC1. The Morgan fingerprint density at radius 3 is 2.19 bits per heavy atom. The van der Waals surface area contributed by atoms with Crippen LogP contribution in [0.3, 0.4) is 0 Å². The van der Waals surface area contributed by atoms with E-state index in [0.717, 1.165) is 12.8 Å². The van der Waals surface area contributed by atoms with E-state index in [1.54, 1.807) is 42.5 Å². The normalized spacial score (nSPS) is 15.1. The van der Waals surface area contributed by atoms with Gasteiger partial charge in [0.2, 0.25) is 5.91 Å². The molecule has 1 atom stereocenters. The summed E-state index contributed by atoms with van der Waals surface area (Å²) in [5.74, 6) is -1.82. The minimum Gasteiger partial charge on any atom is -0.480 e. The van der Waals surface area contributed by atoms with Gasteiger partial charge in [-0.25, -0.2) is 4.79 Å². The molecule has 0 spiro atoms. The van der Waals surface area contributed by atoms with Gasteiger partial charge in [0.05, 0.1) is 27.6 Å². The van der Waals surface area contributed by atoms with Crippen molar-refractivity contribution in [1.82, 2.24) is 10.6 Å². The summed E-state index contributed by atoms with van der Waals surface area (Å²) in [6.07, 6.45) is 3.83. The molecule has 0 heterocycles. The lowest BCUT2D eigenvalue weighted by Crippen LogP contribution is -2.49. The Labute approximate surface area is 226 Å². The second-order valence-corrected chi connectivity index (χ2v) is 10.2. The Morgan fingerprint density at radius 2 is 1.62 bits per heavy atom. The van der Waals surface area contributed by atoms with Crippen molar-refractivity contribution in [1.29, 1.82) is 0 Å². The number of ketones is 1. The Hall–Kier alpha value is -2.94. The van der Waals surface area contributed by atoms with Gasteiger partial charge in [-0.1, -0.05) is 54.2 Å². The number of carboxylic acid groups (broad SMARTS) is 1. The summed E-state index contributed by atoms with van der Waals surface area (Å²) in [7, 11) is 0. The molecule has 1 aliphatic carbocycles. The lowest BCUT2D eigenvalue weighted by atomic mass is 9.81. The summed E-state index contributed by atoms with van der Waals surface area (Å²) < 4.78 is 0. The van der Waals surface area contributed by atoms with Gasteiger partial charge < -0.3 is 21.1 Å². The van der Waals surface area contributed by atoms with E-state index in [1.807, 2.05) is 0 Å². The molecule has 0 unspecified atom stereocenters. The highest BCUT2D eigenvalue weighted by atomic mass is 35.5. The topological polar surface area (TPSA) is 125 Å². The molecule has 37 heavy (non-hydrogen) atoms. The molecule has 0 radical (unpaired) electrons. The van der Waals surface area contributed by atoms with E-state index < -0.39 is 23.3 Å². The Balaban J connectivity index is 1.62. The summed E-state index contributed by atoms with van der Waals surface area (Å²) >= 11 is 12.2. The number of carbonyl (C=O) groups is 4. The first kappa shape index (κ1) is 28.6. The Kier molecular flexibility index (Phi) is 10.1. The fourth-order valence-corrected chi connectivity index (χ4v) is 5.18. The fraction of sp³-hybridized carbons (Fsp3) is 0.407. The summed E-state index contributed by atoms with van der Waals surface area (Å²) in [4.78, 5) is 49.0. The van der Waals surface area contributed by atoms with Crippen molar-refractivity contribution < 1.29 is 24.3 Å². The maximum absolute atomic E-state index is 13.2. The number of aliphatic carboxylic acids is 1. The van der Waals surface area contributed by atoms with Gasteiger partial charge in [-0.3, -0.25) is 14.4 Å². The van der Waals surface area contributed by atoms with Gasteiger partial charge in [-0.05, 0) is 62.6 Å². The van der Waals surface area contributed by atoms with Gasteiger partial charge in [0, 0.05) is 12.1 Å². The average Bonchev–Trinajstić information content (AvgIpc) is 3.32. The molecule has 3 rings (SSSR count). The third-order valence-electron chi connectivity index (χ3n) is 6.64. The lowest BCUT2D eigenvalue weighted by molar-refractivity contribution is -0.144. The number of carbonyl (C=O) groups excluding carboxylic acids is 3. The zero-order valence-corrected chi connectivity index (χ0v) is 22.1. The molecule has 2 amide bonds. The molecular formula is C27H31Cl2N3O5. The molecule has 1 fully saturated rings. The highest BCUT2D eigenvalue weighted by molar-refractivity contribution is 6.40. The van der Waals surface area contributed by atoms with E-state index in [0.29, 0.717) is 37.1 Å². The van der Waals surface area contributed by atoms with E-state index in [1.165, 1.54) is 6.92 Å². The summed E-state index contributed by atoms with van der Waals surface area (Å²) in [5, 5.41) is 18.8. The van der Waals surface area contributed by atoms with Crippen molar-refractivity contribution in [3.63, 3.8) is 0 Å². The molecule has 0 saturated heterocycles. The predicted molar refractivity (Wildman–Crippen MR) is 143 cm³/mol. The number of nitrogens with one attached hydrogen (secondary N) is 3. The largest absolute Gasteiger partial charge is 0.480 e. The van der Waals surface area contributed by atoms with Crippen molar-refractivity contribution >= 4 is 52.5 Å². The first-order valence-electron chi connectivity index (χ1n) is 12.2. The minimum absolute atomic E-state index is 0.0223. The number of anilines is 1. The van der Waals surface area contributed by atoms with Crippen LogP contribution in [-0.2, 0) is 20.8 Å². The van der Waals surface area contributed by atoms with Gasteiger partial charge in [-0.15, -0.1) is 0 Å². The Bertz CT molecular complexity index is 1130. The molecule has 2 aromatic carbocycles. The molecule has 0 bridgehead atoms. The van der Waals surface area contributed by atoms with Crippen LogP contribution in [0.4, 0.5) is 5.69 Å². The maximum Gasteiger partial charge on any atom is 0.326 e. The molecule has 4 N–H and O–H groups in total. The molecule has 198 valence electrons. The first-order chi connectivity index (χ1) is 17.6. The summed E-state index contributed by atoms with van der Waals surface area (Å²) in [6.45, 7) is 2.26. The van der Waals surface area contributed by atoms with Crippen LogP contribution in [0.1, 0.15) is 54.9 Å². The minimum atomic E-state index is -1.12. The van der Waals surface area contributed by atoms with E-state index in [2.05, 4.69) is 16.0 Å². The van der Waals surface area contributed by atoms with Crippen LogP contribution in [0.15, 0.2) is 42.5 Å². The second-order valence-electron chi connectivity index (χ2n) is 9.43. The second kappa shape index (κ2) is 13.0. The van der Waals surface area contributed by atoms with Crippen molar-refractivity contribution in [2.45, 2.75) is 51.5 Å². The van der Waals surface area contributed by atoms with Crippen LogP contribution in [0, 0.1) is 5.41 Å². The zero-order valence-electron chi connectivity index (χ0n) is 20.6. The van der Waals surface area contributed by atoms with Crippen molar-refractivity contribution in [3.05, 3.63) is 63.6 Å². The monoisotopic (exact) mass is 547 g/mol. The quantitative estimate of drug-likeness (QED) is 0.290. The standard InChI is InChI=1S/C27H31Cl2N3O5/c1-17(33)16-30-14-13-27(11-2-3-12-27)26(37)32-22(25(35)36)15-18-7-9-19(10-8-18)31-24(34)23-20(28)5-4-6-21(23)29/h4-10,22,30H,2-3,11-16H2,1H3,(H,31,34)(H,32,37)(H,35,36)/t22-/m0/s1. The summed E-state index contributed by atoms with van der Waals surface area (Å²) in [5.41, 5.74) is 0.709. The smallest absolute Gasteiger partial charge is 0.326 e. The van der Waals surface area contributed by atoms with E-state index in [4.69, 9.17) is 23.2 Å². The predicted octanol–water partition coefficient (Wildman–Crippen LogP) is 4.49. The van der Waals surface area contributed by atoms with Crippen LogP contribution in [0.25, 0.3) is 0 Å². The van der Waals surface area contributed by atoms with Gasteiger partial charge in [0.1, 0.15) is 11.8 Å². The molecule has 0 aliphatic heterocycles. The van der Waals surface area contributed by atoms with Gasteiger partial charge in [-0.2, -0.15) is 0 Å². The van der Waals surface area contributed by atoms with Crippen LogP contribution in [0.2, 0.25) is 10.0 Å². The molecular weight excluding hydrogens is 517 g/mol. The fourth-order valence-electron chi connectivity index (χ4n) is 4.61. The number of hydrogen-bond acceptors (Lipinski definition) is 5. The molecule has 1 aliphatic rings. The zero-order chi connectivity index (χ0) is 27.0. The molecule has 8 nitrogen and oxygen atoms in total. The first-order valence-corrected chi connectivity index (χ1v) is 12.9. The molecule has 0 aromatic heterocycles. The van der Waals surface area contributed by atoms with Crippen molar-refractivity contribution in [3.8, 4) is 0 Å². The Morgan fingerprint density at radius 1 is 1.00 bits per heavy atom. The van der Waals surface area contributed by atoms with Crippen LogP contribution < -0.4 is 16.0 Å². The number of amides is 2. The number of Topliss-reactive ketones (excluding diaryl/α,β-unsaturated/α-hetero) is 1. The number of rotatable bonds is 12. The van der Waals surface area contributed by atoms with Gasteiger partial charge in [0.15, 0.2) is 0 Å². The number of carboxylic acids is 1. The van der Waals surface area contributed by atoms with E-state index in [-0.39, 0.29) is 40.3 Å². The van der Waals surface area contributed by atoms with Crippen LogP contribution >= 0.6 is 23.2 Å². The highest BCUT2D eigenvalue weighted by Crippen LogP contribution is 2.41. The summed E-state index contributed by atoms with van der Waals surface area (Å²) in [6, 6.07) is 10.4. The average molecular weight is 548 g/mol. The number of hydrogen-bond donors (Lipinski definition) is 4. The third kappa shape index (κ3) is 7.77. The molecule has 10 heteroatoms. The molecule has 1 saturated carbocycles. The highest BCUT2D eigenvalue weighted by Gasteiger charge is 2.41. The van der Waals surface area contributed by atoms with Gasteiger partial charge >= 0.3 is 5.97 Å². The number of benzene rings is 2. The van der Waals surface area contributed by atoms with Crippen LogP contribution in [0.5, 0.6) is 0 Å². The van der Waals surface area contributed by atoms with E-state index in [9.17, 15) is 24.3 Å². The van der Waals surface area contributed by atoms with Crippen molar-refractivity contribution in [2.75, 3.05) is 18.4 Å². The third-order valence-corrected chi connectivity index (χ3v) is 7.27.